The Hall–Kier alpha value is -3.57. The molecular weight excluding hydrogens is 400 g/mol. The Morgan fingerprint density at radius 2 is 1.63 bits per heavy atom. The molecule has 1 N–H and O–H groups in total. The van der Waals surface area contributed by atoms with Crippen molar-refractivity contribution in [3.63, 3.8) is 0 Å². The van der Waals surface area contributed by atoms with Crippen LogP contribution in [-0.2, 0) is 9.59 Å². The van der Waals surface area contributed by atoms with Crippen molar-refractivity contribution in [1.82, 2.24) is 0 Å². The van der Waals surface area contributed by atoms with Crippen molar-refractivity contribution in [3.8, 4) is 5.75 Å². The molecule has 0 fully saturated rings. The second-order valence-corrected chi connectivity index (χ2v) is 7.28. The average molecular weight is 419 g/mol. The third-order valence-corrected chi connectivity index (χ3v) is 5.16. The normalized spacial score (nSPS) is 13.8. The van der Waals surface area contributed by atoms with Crippen molar-refractivity contribution >= 4 is 40.4 Å². The second kappa shape index (κ2) is 8.05. The molecule has 2 amide bonds. The molecule has 0 saturated heterocycles. The van der Waals surface area contributed by atoms with Crippen LogP contribution in [0.4, 0.5) is 11.4 Å². The summed E-state index contributed by atoms with van der Waals surface area (Å²) in [5.74, 6) is -0.235. The standard InChI is InChI=1S/C24H19ClN2O3/c1-15-6-5-7-17(14-15)26-22-21(16-10-12-18(30-2)13-11-16)23(28)27(24(22)29)20-9-4-3-8-19(20)25/h3-14,26H,1-2H3. The molecule has 1 aliphatic rings. The van der Waals surface area contributed by atoms with E-state index in [-0.39, 0.29) is 11.3 Å². The Morgan fingerprint density at radius 1 is 0.900 bits per heavy atom. The Kier molecular flexibility index (Phi) is 5.29. The fraction of sp³-hybridized carbons (Fsp3) is 0.0833. The van der Waals surface area contributed by atoms with Crippen LogP contribution in [0.1, 0.15) is 11.1 Å². The van der Waals surface area contributed by atoms with E-state index in [1.807, 2.05) is 31.2 Å². The zero-order chi connectivity index (χ0) is 21.3. The van der Waals surface area contributed by atoms with Gasteiger partial charge in [-0.05, 0) is 54.4 Å². The van der Waals surface area contributed by atoms with Gasteiger partial charge in [-0.2, -0.15) is 0 Å². The van der Waals surface area contributed by atoms with Gasteiger partial charge in [0.2, 0.25) is 0 Å². The maximum atomic E-state index is 13.4. The van der Waals surface area contributed by atoms with Crippen molar-refractivity contribution in [1.29, 1.82) is 0 Å². The van der Waals surface area contributed by atoms with E-state index >= 15 is 0 Å². The van der Waals surface area contributed by atoms with Gasteiger partial charge in [-0.3, -0.25) is 9.59 Å². The highest BCUT2D eigenvalue weighted by atomic mass is 35.5. The monoisotopic (exact) mass is 418 g/mol. The summed E-state index contributed by atoms with van der Waals surface area (Å²) in [5.41, 5.74) is 3.20. The number of benzene rings is 3. The number of halogens is 1. The molecule has 0 bridgehead atoms. The Balaban J connectivity index is 1.84. The number of para-hydroxylation sites is 1. The lowest BCUT2D eigenvalue weighted by Crippen LogP contribution is -2.32. The number of nitrogens with one attached hydrogen (secondary N) is 1. The first-order chi connectivity index (χ1) is 14.5. The second-order valence-electron chi connectivity index (χ2n) is 6.87. The molecule has 0 aliphatic carbocycles. The van der Waals surface area contributed by atoms with Crippen LogP contribution in [0.15, 0.2) is 78.5 Å². The molecule has 4 rings (SSSR count). The highest BCUT2D eigenvalue weighted by Gasteiger charge is 2.41. The summed E-state index contributed by atoms with van der Waals surface area (Å²) in [6.07, 6.45) is 0. The van der Waals surface area contributed by atoms with Crippen LogP contribution in [0.3, 0.4) is 0 Å². The van der Waals surface area contributed by atoms with E-state index in [0.717, 1.165) is 16.2 Å². The smallest absolute Gasteiger partial charge is 0.282 e. The van der Waals surface area contributed by atoms with Crippen LogP contribution in [-0.4, -0.2) is 18.9 Å². The van der Waals surface area contributed by atoms with Gasteiger partial charge in [-0.1, -0.05) is 48.0 Å². The molecule has 0 spiro atoms. The number of methoxy groups -OCH3 is 1. The van der Waals surface area contributed by atoms with Crippen LogP contribution < -0.4 is 15.0 Å². The van der Waals surface area contributed by atoms with E-state index in [9.17, 15) is 9.59 Å². The number of anilines is 2. The van der Waals surface area contributed by atoms with Crippen LogP contribution in [0.2, 0.25) is 5.02 Å². The van der Waals surface area contributed by atoms with E-state index in [2.05, 4.69) is 5.32 Å². The van der Waals surface area contributed by atoms with Gasteiger partial charge in [0.25, 0.3) is 11.8 Å². The first-order valence-electron chi connectivity index (χ1n) is 9.35. The number of amides is 2. The number of hydrogen-bond acceptors (Lipinski definition) is 4. The predicted molar refractivity (Wildman–Crippen MR) is 119 cm³/mol. The Labute approximate surface area is 179 Å². The number of rotatable bonds is 5. The Bertz CT molecular complexity index is 1170. The van der Waals surface area contributed by atoms with E-state index in [4.69, 9.17) is 16.3 Å². The summed E-state index contributed by atoms with van der Waals surface area (Å²) in [6, 6.07) is 21.4. The molecular formula is C24H19ClN2O3. The number of carbonyl (C=O) groups is 2. The van der Waals surface area contributed by atoms with Crippen molar-refractivity contribution in [2.24, 2.45) is 0 Å². The highest BCUT2D eigenvalue weighted by Crippen LogP contribution is 2.37. The van der Waals surface area contributed by atoms with E-state index in [1.54, 1.807) is 55.6 Å². The van der Waals surface area contributed by atoms with E-state index < -0.39 is 11.8 Å². The fourth-order valence-corrected chi connectivity index (χ4v) is 3.61. The first kappa shape index (κ1) is 19.7. The summed E-state index contributed by atoms with van der Waals surface area (Å²) < 4.78 is 5.21. The van der Waals surface area contributed by atoms with Crippen molar-refractivity contribution in [2.75, 3.05) is 17.3 Å². The highest BCUT2D eigenvalue weighted by molar-refractivity contribution is 6.48. The van der Waals surface area contributed by atoms with Gasteiger partial charge in [0, 0.05) is 5.69 Å². The first-order valence-corrected chi connectivity index (χ1v) is 9.73. The quantitative estimate of drug-likeness (QED) is 0.589. The van der Waals surface area contributed by atoms with Gasteiger partial charge in [-0.25, -0.2) is 4.90 Å². The maximum absolute atomic E-state index is 13.4. The number of imide groups is 1. The lowest BCUT2D eigenvalue weighted by Gasteiger charge is -2.16. The largest absolute Gasteiger partial charge is 0.497 e. The molecule has 3 aromatic carbocycles. The number of carbonyl (C=O) groups excluding carboxylic acids is 2. The van der Waals surface area contributed by atoms with E-state index in [1.165, 1.54) is 0 Å². The molecule has 6 heteroatoms. The van der Waals surface area contributed by atoms with Crippen LogP contribution in [0.5, 0.6) is 5.75 Å². The van der Waals surface area contributed by atoms with Crippen LogP contribution in [0, 0.1) is 6.92 Å². The molecule has 0 unspecified atom stereocenters. The van der Waals surface area contributed by atoms with Gasteiger partial charge in [0.05, 0.1) is 23.4 Å². The fourth-order valence-electron chi connectivity index (χ4n) is 3.39. The summed E-state index contributed by atoms with van der Waals surface area (Å²) in [7, 11) is 1.57. The maximum Gasteiger partial charge on any atom is 0.282 e. The zero-order valence-electron chi connectivity index (χ0n) is 16.5. The molecule has 5 nitrogen and oxygen atoms in total. The number of hydrogen-bond donors (Lipinski definition) is 1. The lowest BCUT2D eigenvalue weighted by atomic mass is 10.0. The SMILES string of the molecule is COc1ccc(C2=C(Nc3cccc(C)c3)C(=O)N(c3ccccc3Cl)C2=O)cc1. The molecule has 150 valence electrons. The van der Waals surface area contributed by atoms with Gasteiger partial charge in [-0.15, -0.1) is 0 Å². The van der Waals surface area contributed by atoms with Gasteiger partial charge < -0.3 is 10.1 Å². The third-order valence-electron chi connectivity index (χ3n) is 4.84. The molecule has 1 aliphatic heterocycles. The molecule has 1 heterocycles. The number of aryl methyl sites for hydroxylation is 1. The summed E-state index contributed by atoms with van der Waals surface area (Å²) in [6.45, 7) is 1.96. The lowest BCUT2D eigenvalue weighted by molar-refractivity contribution is -0.120. The third kappa shape index (κ3) is 3.55. The average Bonchev–Trinajstić information content (AvgIpc) is 2.98. The summed E-state index contributed by atoms with van der Waals surface area (Å²) in [4.78, 5) is 27.9. The summed E-state index contributed by atoms with van der Waals surface area (Å²) >= 11 is 6.30. The van der Waals surface area contributed by atoms with Crippen LogP contribution in [0.25, 0.3) is 5.57 Å². The Morgan fingerprint density at radius 3 is 2.30 bits per heavy atom. The minimum absolute atomic E-state index is 0.204. The number of nitrogens with zero attached hydrogens (tertiary/aromatic N) is 1. The molecule has 3 aromatic rings. The van der Waals surface area contributed by atoms with Crippen molar-refractivity contribution in [3.05, 3.63) is 94.6 Å². The number of ether oxygens (including phenoxy) is 1. The summed E-state index contributed by atoms with van der Waals surface area (Å²) in [5, 5.41) is 3.48. The molecule has 0 aromatic heterocycles. The molecule has 30 heavy (non-hydrogen) atoms. The molecule has 0 atom stereocenters. The minimum atomic E-state index is -0.458. The topological polar surface area (TPSA) is 58.6 Å². The van der Waals surface area contributed by atoms with Crippen molar-refractivity contribution in [2.45, 2.75) is 6.92 Å². The zero-order valence-corrected chi connectivity index (χ0v) is 17.2. The van der Waals surface area contributed by atoms with E-state index in [0.29, 0.717) is 22.0 Å². The minimum Gasteiger partial charge on any atom is -0.497 e. The van der Waals surface area contributed by atoms with Gasteiger partial charge in [0.15, 0.2) is 0 Å². The van der Waals surface area contributed by atoms with Gasteiger partial charge >= 0.3 is 0 Å². The molecule has 0 radical (unpaired) electrons. The van der Waals surface area contributed by atoms with Crippen molar-refractivity contribution < 1.29 is 14.3 Å². The predicted octanol–water partition coefficient (Wildman–Crippen LogP) is 5.05. The molecule has 0 saturated carbocycles. The van der Waals surface area contributed by atoms with Gasteiger partial charge in [0.1, 0.15) is 11.4 Å². The van der Waals surface area contributed by atoms with Crippen LogP contribution >= 0.6 is 11.6 Å².